The Morgan fingerprint density at radius 3 is 2.68 bits per heavy atom. The first-order valence-corrected chi connectivity index (χ1v) is 8.28. The van der Waals surface area contributed by atoms with Gasteiger partial charge in [0.1, 0.15) is 0 Å². The molecule has 0 radical (unpaired) electrons. The molecule has 1 aliphatic carbocycles. The fraction of sp³-hybridized carbons (Fsp3) is 0.938. The summed E-state index contributed by atoms with van der Waals surface area (Å²) in [6.45, 7) is 4.26. The first kappa shape index (κ1) is 13.4. The molecule has 0 spiro atoms. The third kappa shape index (κ3) is 2.81. The smallest absolute Gasteiger partial charge is 0.225 e. The number of nitrogens with one attached hydrogen (secondary N) is 1. The van der Waals surface area contributed by atoms with Crippen LogP contribution in [0.2, 0.25) is 0 Å². The summed E-state index contributed by atoms with van der Waals surface area (Å²) in [6.07, 6.45) is 10.2. The van der Waals surface area contributed by atoms with E-state index in [-0.39, 0.29) is 5.92 Å². The van der Waals surface area contributed by atoms with Crippen LogP contribution in [0.3, 0.4) is 0 Å². The second-order valence-corrected chi connectivity index (χ2v) is 6.91. The summed E-state index contributed by atoms with van der Waals surface area (Å²) in [5.41, 5.74) is 0. The second kappa shape index (κ2) is 5.82. The number of hydrogen-bond acceptors (Lipinski definition) is 2. The highest BCUT2D eigenvalue weighted by Crippen LogP contribution is 2.34. The molecular weight excluding hydrogens is 236 g/mol. The Morgan fingerprint density at radius 1 is 1.16 bits per heavy atom. The van der Waals surface area contributed by atoms with Crippen LogP contribution in [0.1, 0.15) is 58.3 Å². The molecule has 108 valence electrons. The number of rotatable bonds is 3. The zero-order chi connectivity index (χ0) is 13.2. The highest BCUT2D eigenvalue weighted by Gasteiger charge is 2.39. The molecule has 3 nitrogen and oxygen atoms in total. The third-order valence-corrected chi connectivity index (χ3v) is 5.49. The predicted molar refractivity (Wildman–Crippen MR) is 76.9 cm³/mol. The molecule has 0 aromatic rings. The maximum atomic E-state index is 12.8. The molecule has 2 heterocycles. The van der Waals surface area contributed by atoms with E-state index < -0.39 is 0 Å². The molecule has 0 aromatic carbocycles. The Balaban J connectivity index is 1.61. The molecule has 3 unspecified atom stereocenters. The normalized spacial score (nSPS) is 33.4. The summed E-state index contributed by atoms with van der Waals surface area (Å²) in [6, 6.07) is 1.00. The van der Waals surface area contributed by atoms with Crippen molar-refractivity contribution in [2.75, 3.05) is 13.1 Å². The van der Waals surface area contributed by atoms with Gasteiger partial charge in [-0.2, -0.15) is 0 Å². The Hall–Kier alpha value is -0.570. The number of nitrogens with zero attached hydrogens (tertiary/aromatic N) is 1. The maximum Gasteiger partial charge on any atom is 0.225 e. The Kier molecular flexibility index (Phi) is 4.11. The summed E-state index contributed by atoms with van der Waals surface area (Å²) in [5.74, 6) is 1.51. The van der Waals surface area contributed by atoms with Gasteiger partial charge in [0.25, 0.3) is 0 Å². The maximum absolute atomic E-state index is 12.8. The van der Waals surface area contributed by atoms with Gasteiger partial charge in [-0.1, -0.05) is 32.6 Å². The molecule has 2 aliphatic heterocycles. The van der Waals surface area contributed by atoms with Crippen LogP contribution in [-0.4, -0.2) is 36.0 Å². The second-order valence-electron chi connectivity index (χ2n) is 6.91. The van der Waals surface area contributed by atoms with Crippen molar-refractivity contribution in [3.05, 3.63) is 0 Å². The zero-order valence-corrected chi connectivity index (χ0v) is 12.2. The van der Waals surface area contributed by atoms with Crippen molar-refractivity contribution in [2.45, 2.75) is 70.4 Å². The topological polar surface area (TPSA) is 32.3 Å². The quantitative estimate of drug-likeness (QED) is 0.849. The van der Waals surface area contributed by atoms with Crippen molar-refractivity contribution < 1.29 is 4.79 Å². The largest absolute Gasteiger partial charge is 0.335 e. The van der Waals surface area contributed by atoms with Crippen LogP contribution < -0.4 is 5.32 Å². The van der Waals surface area contributed by atoms with E-state index in [1.165, 1.54) is 38.5 Å². The van der Waals surface area contributed by atoms with Crippen molar-refractivity contribution in [2.24, 2.45) is 11.8 Å². The van der Waals surface area contributed by atoms with Crippen LogP contribution in [0, 0.1) is 11.8 Å². The molecule has 1 amide bonds. The minimum absolute atomic E-state index is 0.240. The van der Waals surface area contributed by atoms with Gasteiger partial charge in [0.05, 0.1) is 0 Å². The molecule has 3 atom stereocenters. The van der Waals surface area contributed by atoms with E-state index in [1.54, 1.807) is 0 Å². The number of carbonyl (C=O) groups excluding carboxylic acids is 1. The van der Waals surface area contributed by atoms with Gasteiger partial charge in [0, 0.05) is 24.5 Å². The van der Waals surface area contributed by atoms with E-state index in [2.05, 4.69) is 17.1 Å². The number of carbonyl (C=O) groups is 1. The van der Waals surface area contributed by atoms with Gasteiger partial charge in [0.2, 0.25) is 5.91 Å². The van der Waals surface area contributed by atoms with Crippen LogP contribution in [-0.2, 0) is 4.79 Å². The van der Waals surface area contributed by atoms with Crippen molar-refractivity contribution in [3.8, 4) is 0 Å². The van der Waals surface area contributed by atoms with Gasteiger partial charge in [-0.05, 0) is 38.1 Å². The molecule has 1 N–H and O–H groups in total. The van der Waals surface area contributed by atoms with Gasteiger partial charge in [0.15, 0.2) is 0 Å². The third-order valence-electron chi connectivity index (χ3n) is 5.49. The fourth-order valence-corrected chi connectivity index (χ4v) is 4.44. The van der Waals surface area contributed by atoms with Crippen LogP contribution >= 0.6 is 0 Å². The Bertz CT molecular complexity index is 311. The van der Waals surface area contributed by atoms with Gasteiger partial charge in [-0.15, -0.1) is 0 Å². The van der Waals surface area contributed by atoms with Gasteiger partial charge in [-0.3, -0.25) is 4.79 Å². The first-order valence-electron chi connectivity index (χ1n) is 8.28. The molecule has 3 aliphatic rings. The van der Waals surface area contributed by atoms with E-state index in [4.69, 9.17) is 0 Å². The lowest BCUT2D eigenvalue weighted by Gasteiger charge is -2.31. The molecule has 1 saturated carbocycles. The lowest BCUT2D eigenvalue weighted by molar-refractivity contribution is -0.138. The molecule has 2 bridgehead atoms. The number of amides is 1. The average Bonchev–Trinajstić information content (AvgIpc) is 2.95. The van der Waals surface area contributed by atoms with E-state index in [1.807, 2.05) is 0 Å². The molecule has 0 aromatic heterocycles. The van der Waals surface area contributed by atoms with E-state index in [0.29, 0.717) is 18.0 Å². The molecule has 19 heavy (non-hydrogen) atoms. The van der Waals surface area contributed by atoms with Crippen molar-refractivity contribution >= 4 is 5.91 Å². The Labute approximate surface area is 117 Å². The summed E-state index contributed by atoms with van der Waals surface area (Å²) in [5, 5.41) is 3.48. The summed E-state index contributed by atoms with van der Waals surface area (Å²) in [7, 11) is 0. The fourth-order valence-electron chi connectivity index (χ4n) is 4.44. The van der Waals surface area contributed by atoms with Gasteiger partial charge in [-0.25, -0.2) is 0 Å². The Morgan fingerprint density at radius 2 is 1.89 bits per heavy atom. The van der Waals surface area contributed by atoms with E-state index in [9.17, 15) is 4.79 Å². The van der Waals surface area contributed by atoms with Crippen LogP contribution in [0.15, 0.2) is 0 Å². The molecule has 3 heteroatoms. The van der Waals surface area contributed by atoms with Crippen LogP contribution in [0.5, 0.6) is 0 Å². The van der Waals surface area contributed by atoms with Gasteiger partial charge < -0.3 is 10.2 Å². The van der Waals surface area contributed by atoms with Gasteiger partial charge >= 0.3 is 0 Å². The molecular formula is C16H28N2O. The highest BCUT2D eigenvalue weighted by atomic mass is 16.2. The molecule has 3 fully saturated rings. The zero-order valence-electron chi connectivity index (χ0n) is 12.2. The predicted octanol–water partition coefficient (Wildman–Crippen LogP) is 2.56. The number of hydrogen-bond donors (Lipinski definition) is 1. The van der Waals surface area contributed by atoms with E-state index >= 15 is 0 Å². The molecule has 3 rings (SSSR count). The van der Waals surface area contributed by atoms with Crippen molar-refractivity contribution in [1.82, 2.24) is 10.2 Å². The van der Waals surface area contributed by atoms with Crippen LogP contribution in [0.25, 0.3) is 0 Å². The average molecular weight is 264 g/mol. The highest BCUT2D eigenvalue weighted by molar-refractivity contribution is 5.79. The standard InChI is InChI=1S/C16H28N2O/c1-12(10-13-4-2-3-5-13)16(19)18-14-6-7-15(18)11-17-9-8-14/h12-15,17H,2-11H2,1H3. The minimum atomic E-state index is 0.240. The lowest BCUT2D eigenvalue weighted by atomic mass is 9.93. The lowest BCUT2D eigenvalue weighted by Crippen LogP contribution is -2.45. The minimum Gasteiger partial charge on any atom is -0.335 e. The first-order chi connectivity index (χ1) is 9.25. The monoisotopic (exact) mass is 264 g/mol. The van der Waals surface area contributed by atoms with Crippen LogP contribution in [0.4, 0.5) is 0 Å². The van der Waals surface area contributed by atoms with E-state index in [0.717, 1.165) is 31.8 Å². The summed E-state index contributed by atoms with van der Waals surface area (Å²) in [4.78, 5) is 15.1. The SMILES string of the molecule is CC(CC1CCCC1)C(=O)N1C2CCNCC1CC2. The van der Waals surface area contributed by atoms with Crippen molar-refractivity contribution in [1.29, 1.82) is 0 Å². The summed E-state index contributed by atoms with van der Waals surface area (Å²) < 4.78 is 0. The summed E-state index contributed by atoms with van der Waals surface area (Å²) >= 11 is 0. The molecule has 2 saturated heterocycles. The number of fused-ring (bicyclic) bond motifs is 2. The van der Waals surface area contributed by atoms with Crippen molar-refractivity contribution in [3.63, 3.8) is 0 Å².